The molecule has 1 saturated carbocycles. The summed E-state index contributed by atoms with van der Waals surface area (Å²) in [7, 11) is 1.37. The van der Waals surface area contributed by atoms with Gasteiger partial charge in [-0.3, -0.25) is 14.8 Å². The van der Waals surface area contributed by atoms with E-state index in [0.29, 0.717) is 17.7 Å². The van der Waals surface area contributed by atoms with E-state index in [1.54, 1.807) is 6.20 Å². The molecule has 2 atom stereocenters. The topological polar surface area (TPSA) is 68.6 Å². The summed E-state index contributed by atoms with van der Waals surface area (Å²) in [4.78, 5) is 35.0. The zero-order chi connectivity index (χ0) is 21.5. The Morgan fingerprint density at radius 2 is 1.87 bits per heavy atom. The molecule has 5 heteroatoms. The van der Waals surface area contributed by atoms with Crippen LogP contribution >= 0.6 is 0 Å². The van der Waals surface area contributed by atoms with Crippen molar-refractivity contribution >= 4 is 17.5 Å². The Morgan fingerprint density at radius 1 is 1.10 bits per heavy atom. The lowest BCUT2D eigenvalue weighted by Crippen LogP contribution is -2.44. The van der Waals surface area contributed by atoms with Gasteiger partial charge in [-0.2, -0.15) is 0 Å². The molecule has 2 unspecified atom stereocenters. The fraction of sp³-hybridized carbons (Fsp3) is 0.360. The zero-order valence-corrected chi connectivity index (χ0v) is 17.8. The number of methoxy groups -OCH3 is 1. The predicted molar refractivity (Wildman–Crippen MR) is 116 cm³/mol. The SMILES string of the molecule is COC(=O)C1=C(C)N=C2CC(C)(C)CC(=O)C2C1c1cccc(-c2cccnc2)c1. The van der Waals surface area contributed by atoms with Gasteiger partial charge in [0.2, 0.25) is 0 Å². The van der Waals surface area contributed by atoms with Gasteiger partial charge in [0.1, 0.15) is 5.78 Å². The molecule has 154 valence electrons. The summed E-state index contributed by atoms with van der Waals surface area (Å²) < 4.78 is 5.10. The highest BCUT2D eigenvalue weighted by molar-refractivity contribution is 6.12. The Bertz CT molecular complexity index is 1070. The molecule has 0 N–H and O–H groups in total. The maximum atomic E-state index is 13.3. The number of pyridine rings is 1. The molecule has 1 fully saturated rings. The summed E-state index contributed by atoms with van der Waals surface area (Å²) in [5, 5.41) is 0. The van der Waals surface area contributed by atoms with Crippen molar-refractivity contribution in [2.75, 3.05) is 7.11 Å². The van der Waals surface area contributed by atoms with E-state index in [4.69, 9.17) is 9.73 Å². The number of nitrogens with zero attached hydrogens (tertiary/aromatic N) is 2. The Morgan fingerprint density at radius 3 is 2.57 bits per heavy atom. The molecule has 1 aliphatic carbocycles. The number of allylic oxidation sites excluding steroid dienone is 1. The Balaban J connectivity index is 1.87. The molecule has 4 rings (SSSR count). The molecule has 1 aliphatic heterocycles. The predicted octanol–water partition coefficient (Wildman–Crippen LogP) is 4.74. The number of hydrogen-bond donors (Lipinski definition) is 0. The number of carbonyl (C=O) groups is 2. The van der Waals surface area contributed by atoms with E-state index in [-0.39, 0.29) is 11.2 Å². The zero-order valence-electron chi connectivity index (χ0n) is 17.8. The van der Waals surface area contributed by atoms with Gasteiger partial charge in [0, 0.05) is 36.1 Å². The van der Waals surface area contributed by atoms with Crippen LogP contribution in [0.1, 0.15) is 45.1 Å². The number of aliphatic imine (C=N–C) groups is 1. The molecule has 2 aliphatic rings. The molecule has 0 radical (unpaired) electrons. The van der Waals surface area contributed by atoms with Crippen molar-refractivity contribution in [2.24, 2.45) is 16.3 Å². The van der Waals surface area contributed by atoms with E-state index in [0.717, 1.165) is 28.8 Å². The molecular formula is C25H26N2O3. The second-order valence-electron chi connectivity index (χ2n) is 8.90. The lowest BCUT2D eigenvalue weighted by molar-refractivity contribution is -0.136. The van der Waals surface area contributed by atoms with E-state index in [9.17, 15) is 9.59 Å². The highest BCUT2D eigenvalue weighted by atomic mass is 16.5. The number of aromatic nitrogens is 1. The second kappa shape index (κ2) is 7.63. The average molecular weight is 402 g/mol. The van der Waals surface area contributed by atoms with Crippen LogP contribution in [0.15, 0.2) is 65.1 Å². The summed E-state index contributed by atoms with van der Waals surface area (Å²) in [5.41, 5.74) is 4.76. The fourth-order valence-corrected chi connectivity index (χ4v) is 4.77. The molecular weight excluding hydrogens is 376 g/mol. The fourth-order valence-electron chi connectivity index (χ4n) is 4.77. The number of Topliss-reactive ketones (excluding diaryl/α,β-unsaturated/α-hetero) is 1. The Labute approximate surface area is 176 Å². The van der Waals surface area contributed by atoms with Crippen LogP contribution in [0.3, 0.4) is 0 Å². The van der Waals surface area contributed by atoms with E-state index in [1.165, 1.54) is 7.11 Å². The minimum atomic E-state index is -0.431. The Hall–Kier alpha value is -3.08. The normalized spacial score (nSPS) is 22.9. The van der Waals surface area contributed by atoms with Gasteiger partial charge >= 0.3 is 5.97 Å². The molecule has 1 aromatic carbocycles. The van der Waals surface area contributed by atoms with Gasteiger partial charge in [-0.15, -0.1) is 0 Å². The van der Waals surface area contributed by atoms with Crippen molar-refractivity contribution in [2.45, 2.75) is 39.5 Å². The number of fused-ring (bicyclic) bond motifs is 1. The summed E-state index contributed by atoms with van der Waals surface area (Å²) in [6.07, 6.45) is 4.77. The van der Waals surface area contributed by atoms with Crippen LogP contribution in [0.25, 0.3) is 11.1 Å². The van der Waals surface area contributed by atoms with Crippen LogP contribution in [0.5, 0.6) is 0 Å². The van der Waals surface area contributed by atoms with Crippen LogP contribution in [0.2, 0.25) is 0 Å². The number of benzene rings is 1. The van der Waals surface area contributed by atoms with Crippen molar-refractivity contribution in [1.29, 1.82) is 0 Å². The van der Waals surface area contributed by atoms with E-state index in [2.05, 4.69) is 18.8 Å². The first-order chi connectivity index (χ1) is 14.3. The molecule has 2 heterocycles. The first-order valence-corrected chi connectivity index (χ1v) is 10.2. The summed E-state index contributed by atoms with van der Waals surface area (Å²) >= 11 is 0. The molecule has 0 amide bonds. The van der Waals surface area contributed by atoms with Gasteiger partial charge in [-0.05, 0) is 41.5 Å². The third kappa shape index (κ3) is 3.60. The number of ether oxygens (including phenoxy) is 1. The van der Waals surface area contributed by atoms with Gasteiger partial charge in [0.05, 0.1) is 18.6 Å². The van der Waals surface area contributed by atoms with Crippen LogP contribution in [0, 0.1) is 11.3 Å². The van der Waals surface area contributed by atoms with Crippen LogP contribution < -0.4 is 0 Å². The number of esters is 1. The van der Waals surface area contributed by atoms with Gasteiger partial charge in [0.25, 0.3) is 0 Å². The first kappa shape index (κ1) is 20.2. The Kier molecular flexibility index (Phi) is 5.14. The highest BCUT2D eigenvalue weighted by Gasteiger charge is 2.47. The van der Waals surface area contributed by atoms with Gasteiger partial charge < -0.3 is 4.74 Å². The molecule has 5 nitrogen and oxygen atoms in total. The minimum Gasteiger partial charge on any atom is -0.466 e. The smallest absolute Gasteiger partial charge is 0.336 e. The second-order valence-corrected chi connectivity index (χ2v) is 8.90. The number of hydrogen-bond acceptors (Lipinski definition) is 5. The monoisotopic (exact) mass is 402 g/mol. The number of carbonyl (C=O) groups excluding carboxylic acids is 2. The molecule has 1 aromatic heterocycles. The lowest BCUT2D eigenvalue weighted by atomic mass is 9.63. The minimum absolute atomic E-state index is 0.127. The summed E-state index contributed by atoms with van der Waals surface area (Å²) in [6.45, 7) is 6.02. The summed E-state index contributed by atoms with van der Waals surface area (Å²) in [5.74, 6) is -1.12. The average Bonchev–Trinajstić information content (AvgIpc) is 2.72. The van der Waals surface area contributed by atoms with E-state index in [1.807, 2.05) is 49.5 Å². The van der Waals surface area contributed by atoms with Crippen molar-refractivity contribution in [3.63, 3.8) is 0 Å². The molecule has 0 bridgehead atoms. The maximum Gasteiger partial charge on any atom is 0.336 e. The van der Waals surface area contributed by atoms with Gasteiger partial charge in [-0.1, -0.05) is 44.2 Å². The van der Waals surface area contributed by atoms with Crippen LogP contribution in [-0.2, 0) is 14.3 Å². The first-order valence-electron chi connectivity index (χ1n) is 10.2. The quantitative estimate of drug-likeness (QED) is 0.696. The molecule has 0 spiro atoms. The van der Waals surface area contributed by atoms with Crippen LogP contribution in [-0.4, -0.2) is 29.6 Å². The molecule has 0 saturated heterocycles. The van der Waals surface area contributed by atoms with Crippen molar-refractivity contribution in [1.82, 2.24) is 4.98 Å². The molecule has 2 aromatic rings. The maximum absolute atomic E-state index is 13.3. The number of rotatable bonds is 3. The lowest BCUT2D eigenvalue weighted by Gasteiger charge is -2.41. The highest BCUT2D eigenvalue weighted by Crippen LogP contribution is 2.47. The summed E-state index contributed by atoms with van der Waals surface area (Å²) in [6, 6.07) is 11.9. The van der Waals surface area contributed by atoms with Crippen molar-refractivity contribution in [3.05, 3.63) is 65.6 Å². The van der Waals surface area contributed by atoms with Gasteiger partial charge in [-0.25, -0.2) is 4.79 Å². The van der Waals surface area contributed by atoms with Crippen LogP contribution in [0.4, 0.5) is 0 Å². The standard InChI is InChI=1S/C25H26N2O3/c1-15-21(24(29)30-4)22(23-19(27-15)12-25(2,3)13-20(23)28)17-8-5-7-16(11-17)18-9-6-10-26-14-18/h5-11,14,22-23H,12-13H2,1-4H3. The van der Waals surface area contributed by atoms with E-state index >= 15 is 0 Å². The van der Waals surface area contributed by atoms with Crippen molar-refractivity contribution in [3.8, 4) is 11.1 Å². The van der Waals surface area contributed by atoms with E-state index < -0.39 is 17.8 Å². The third-order valence-corrected chi connectivity index (χ3v) is 6.01. The van der Waals surface area contributed by atoms with Gasteiger partial charge in [0.15, 0.2) is 0 Å². The van der Waals surface area contributed by atoms with Crippen molar-refractivity contribution < 1.29 is 14.3 Å². The molecule has 30 heavy (non-hydrogen) atoms. The number of ketones is 1. The largest absolute Gasteiger partial charge is 0.466 e. The third-order valence-electron chi connectivity index (χ3n) is 6.01.